The van der Waals surface area contributed by atoms with E-state index in [-0.39, 0.29) is 5.91 Å². The average Bonchev–Trinajstić information content (AvgIpc) is 3.04. The van der Waals surface area contributed by atoms with Gasteiger partial charge in [-0.15, -0.1) is 0 Å². The first-order chi connectivity index (χ1) is 11.0. The summed E-state index contributed by atoms with van der Waals surface area (Å²) in [6, 6.07) is 7.23. The summed E-state index contributed by atoms with van der Waals surface area (Å²) in [5.41, 5.74) is 0.299. The molecule has 0 atom stereocenters. The molecule has 0 radical (unpaired) electrons. The highest BCUT2D eigenvalue weighted by Gasteiger charge is 2.36. The Morgan fingerprint density at radius 1 is 1.35 bits per heavy atom. The minimum absolute atomic E-state index is 0.131. The van der Waals surface area contributed by atoms with Crippen LogP contribution in [0.5, 0.6) is 0 Å². The number of hydrogen-bond acceptors (Lipinski definition) is 4. The average molecular weight is 335 g/mol. The number of nitrogens with zero attached hydrogens (tertiary/aromatic N) is 2. The predicted octanol–water partition coefficient (Wildman–Crippen LogP) is 3.01. The van der Waals surface area contributed by atoms with Crippen molar-refractivity contribution in [2.75, 3.05) is 13.1 Å². The third kappa shape index (κ3) is 3.12. The predicted molar refractivity (Wildman–Crippen MR) is 86.4 cm³/mol. The number of amides is 1. The Morgan fingerprint density at radius 3 is 2.61 bits per heavy atom. The van der Waals surface area contributed by atoms with Crippen molar-refractivity contribution in [2.45, 2.75) is 31.8 Å². The minimum atomic E-state index is -0.918. The second-order valence-corrected chi connectivity index (χ2v) is 6.24. The number of carbonyl (C=O) groups excluding carboxylic acids is 1. The summed E-state index contributed by atoms with van der Waals surface area (Å²) in [6.45, 7) is 2.88. The van der Waals surface area contributed by atoms with Crippen LogP contribution in [0.2, 0.25) is 5.02 Å². The Bertz CT molecular complexity index is 688. The maximum absolute atomic E-state index is 12.5. The first-order valence-corrected chi connectivity index (χ1v) is 8.11. The molecule has 0 aliphatic carbocycles. The van der Waals surface area contributed by atoms with Gasteiger partial charge in [0.1, 0.15) is 5.76 Å². The third-order valence-electron chi connectivity index (χ3n) is 4.42. The number of piperidine rings is 1. The molecule has 0 saturated carbocycles. The van der Waals surface area contributed by atoms with Gasteiger partial charge >= 0.3 is 0 Å². The summed E-state index contributed by atoms with van der Waals surface area (Å²) in [5, 5.41) is 11.5. The second kappa shape index (κ2) is 6.34. The van der Waals surface area contributed by atoms with Crippen LogP contribution in [0.25, 0.3) is 0 Å². The van der Waals surface area contributed by atoms with Crippen LogP contribution in [-0.4, -0.2) is 34.0 Å². The Kier molecular flexibility index (Phi) is 4.41. The molecule has 0 unspecified atom stereocenters. The Hall–Kier alpha value is -1.85. The summed E-state index contributed by atoms with van der Waals surface area (Å²) in [4.78, 5) is 18.3. The number of carbonyl (C=O) groups is 1. The van der Waals surface area contributed by atoms with Crippen LogP contribution in [0, 0.1) is 0 Å². The zero-order valence-electron chi connectivity index (χ0n) is 13.0. The van der Waals surface area contributed by atoms with E-state index in [0.29, 0.717) is 48.8 Å². The largest absolute Gasteiger partial charge is 0.448 e. The van der Waals surface area contributed by atoms with E-state index < -0.39 is 5.60 Å². The molecule has 1 aromatic carbocycles. The van der Waals surface area contributed by atoms with Gasteiger partial charge in [-0.05, 0) is 30.5 Å². The van der Waals surface area contributed by atoms with Crippen molar-refractivity contribution in [3.05, 3.63) is 52.7 Å². The molecule has 122 valence electrons. The van der Waals surface area contributed by atoms with Crippen LogP contribution < -0.4 is 0 Å². The van der Waals surface area contributed by atoms with E-state index in [1.54, 1.807) is 17.0 Å². The zero-order valence-corrected chi connectivity index (χ0v) is 13.7. The maximum Gasteiger partial charge on any atom is 0.276 e. The topological polar surface area (TPSA) is 66.6 Å². The zero-order chi connectivity index (χ0) is 16.4. The number of rotatable bonds is 3. The SMILES string of the molecule is CCc1ocnc1C(=O)N1CCC(O)(c2ccc(Cl)cc2)CC1. The van der Waals surface area contributed by atoms with Gasteiger partial charge < -0.3 is 14.4 Å². The molecule has 23 heavy (non-hydrogen) atoms. The van der Waals surface area contributed by atoms with Crippen LogP contribution in [0.3, 0.4) is 0 Å². The lowest BCUT2D eigenvalue weighted by atomic mass is 9.84. The van der Waals surface area contributed by atoms with E-state index in [9.17, 15) is 9.90 Å². The number of benzene rings is 1. The van der Waals surface area contributed by atoms with Crippen molar-refractivity contribution in [3.63, 3.8) is 0 Å². The van der Waals surface area contributed by atoms with Gasteiger partial charge in [-0.1, -0.05) is 30.7 Å². The fraction of sp³-hybridized carbons (Fsp3) is 0.412. The lowest BCUT2D eigenvalue weighted by Crippen LogP contribution is -2.45. The van der Waals surface area contributed by atoms with Gasteiger partial charge in [0.15, 0.2) is 12.1 Å². The first kappa shape index (κ1) is 16.0. The van der Waals surface area contributed by atoms with Crippen molar-refractivity contribution in [3.8, 4) is 0 Å². The molecule has 0 spiro atoms. The van der Waals surface area contributed by atoms with Crippen molar-refractivity contribution in [1.82, 2.24) is 9.88 Å². The molecule has 1 aliphatic heterocycles. The molecule has 2 aromatic rings. The van der Waals surface area contributed by atoms with Gasteiger partial charge in [0, 0.05) is 24.5 Å². The smallest absolute Gasteiger partial charge is 0.276 e. The maximum atomic E-state index is 12.5. The van der Waals surface area contributed by atoms with Gasteiger partial charge in [-0.2, -0.15) is 0 Å². The first-order valence-electron chi connectivity index (χ1n) is 7.73. The highest BCUT2D eigenvalue weighted by atomic mass is 35.5. The van der Waals surface area contributed by atoms with Crippen molar-refractivity contribution >= 4 is 17.5 Å². The molecule has 5 nitrogen and oxygen atoms in total. The molecule has 0 bridgehead atoms. The molecule has 2 heterocycles. The molecule has 1 saturated heterocycles. The van der Waals surface area contributed by atoms with Crippen LogP contribution in [0.15, 0.2) is 35.1 Å². The van der Waals surface area contributed by atoms with Crippen LogP contribution in [-0.2, 0) is 12.0 Å². The molecular weight excluding hydrogens is 316 g/mol. The summed E-state index contributed by atoms with van der Waals surface area (Å²) in [6.07, 6.45) is 2.91. The number of oxazole rings is 1. The standard InChI is InChI=1S/C17H19ClN2O3/c1-2-14-15(19-11-23-14)16(21)20-9-7-17(22,8-10-20)12-3-5-13(18)6-4-12/h3-6,11,22H,2,7-10H2,1H3. The van der Waals surface area contributed by atoms with E-state index >= 15 is 0 Å². The summed E-state index contributed by atoms with van der Waals surface area (Å²) >= 11 is 5.90. The van der Waals surface area contributed by atoms with E-state index in [2.05, 4.69) is 4.98 Å². The monoisotopic (exact) mass is 334 g/mol. The Balaban J connectivity index is 1.70. The summed E-state index contributed by atoms with van der Waals surface area (Å²) in [7, 11) is 0. The molecule has 1 aromatic heterocycles. The van der Waals surface area contributed by atoms with E-state index in [1.807, 2.05) is 19.1 Å². The van der Waals surface area contributed by atoms with Crippen molar-refractivity contribution in [1.29, 1.82) is 0 Å². The quantitative estimate of drug-likeness (QED) is 0.937. The number of aliphatic hydroxyl groups is 1. The van der Waals surface area contributed by atoms with Crippen molar-refractivity contribution < 1.29 is 14.3 Å². The highest BCUT2D eigenvalue weighted by molar-refractivity contribution is 6.30. The van der Waals surface area contributed by atoms with Gasteiger partial charge in [0.25, 0.3) is 5.91 Å². The van der Waals surface area contributed by atoms with E-state index in [1.165, 1.54) is 6.39 Å². The van der Waals surface area contributed by atoms with Gasteiger partial charge in [0.2, 0.25) is 0 Å². The molecule has 1 aliphatic rings. The lowest BCUT2D eigenvalue weighted by Gasteiger charge is -2.38. The Labute approximate surface area is 139 Å². The molecular formula is C17H19ClN2O3. The number of aromatic nitrogens is 1. The highest BCUT2D eigenvalue weighted by Crippen LogP contribution is 2.33. The normalized spacial score (nSPS) is 17.3. The number of aryl methyl sites for hydroxylation is 1. The van der Waals surface area contributed by atoms with Crippen LogP contribution in [0.1, 0.15) is 41.6 Å². The molecule has 1 fully saturated rings. The number of likely N-dealkylation sites (tertiary alicyclic amines) is 1. The summed E-state index contributed by atoms with van der Waals surface area (Å²) < 4.78 is 5.23. The van der Waals surface area contributed by atoms with Gasteiger partial charge in [-0.3, -0.25) is 4.79 Å². The molecule has 6 heteroatoms. The van der Waals surface area contributed by atoms with Gasteiger partial charge in [-0.25, -0.2) is 4.98 Å². The van der Waals surface area contributed by atoms with Crippen molar-refractivity contribution in [2.24, 2.45) is 0 Å². The van der Waals surface area contributed by atoms with E-state index in [0.717, 1.165) is 5.56 Å². The third-order valence-corrected chi connectivity index (χ3v) is 4.68. The molecule has 1 N–H and O–H groups in total. The van der Waals surface area contributed by atoms with E-state index in [4.69, 9.17) is 16.0 Å². The van der Waals surface area contributed by atoms with Crippen LogP contribution in [0.4, 0.5) is 0 Å². The van der Waals surface area contributed by atoms with Crippen LogP contribution >= 0.6 is 11.6 Å². The van der Waals surface area contributed by atoms with Gasteiger partial charge in [0.05, 0.1) is 5.60 Å². The Morgan fingerprint density at radius 2 is 2.00 bits per heavy atom. The number of halogens is 1. The second-order valence-electron chi connectivity index (χ2n) is 5.81. The number of hydrogen-bond donors (Lipinski definition) is 1. The fourth-order valence-corrected chi connectivity index (χ4v) is 3.10. The molecule has 3 rings (SSSR count). The molecule has 1 amide bonds. The fourth-order valence-electron chi connectivity index (χ4n) is 2.97. The summed E-state index contributed by atoms with van der Waals surface area (Å²) in [5.74, 6) is 0.474. The lowest BCUT2D eigenvalue weighted by molar-refractivity contribution is -0.0212. The minimum Gasteiger partial charge on any atom is -0.448 e.